The fourth-order valence-electron chi connectivity index (χ4n) is 4.15. The van der Waals surface area contributed by atoms with Crippen LogP contribution in [0, 0.1) is 0 Å². The van der Waals surface area contributed by atoms with E-state index in [4.69, 9.17) is 23.2 Å². The molecular weight excluding hydrogens is 421 g/mol. The number of piperidine rings is 1. The molecule has 2 saturated heterocycles. The van der Waals surface area contributed by atoms with Crippen LogP contribution in [-0.2, 0) is 9.59 Å². The summed E-state index contributed by atoms with van der Waals surface area (Å²) in [7, 11) is 0. The number of piperazine rings is 1. The summed E-state index contributed by atoms with van der Waals surface area (Å²) < 4.78 is 0. The summed E-state index contributed by atoms with van der Waals surface area (Å²) in [5.74, 6) is -0.123. The van der Waals surface area contributed by atoms with Gasteiger partial charge in [0.15, 0.2) is 0 Å². The molecule has 1 atom stereocenters. The Morgan fingerprint density at radius 2 is 1.77 bits per heavy atom. The monoisotopic (exact) mass is 451 g/mol. The molecule has 30 heavy (non-hydrogen) atoms. The summed E-state index contributed by atoms with van der Waals surface area (Å²) in [6.45, 7) is 7.30. The SMILES string of the molecule is CC1C(=O)N(CCCCN2CCCCC2)CCN1C(=O)C=Cc1ccc(Cl)c(Cl)c1. The van der Waals surface area contributed by atoms with Crippen LogP contribution in [0.15, 0.2) is 24.3 Å². The van der Waals surface area contributed by atoms with E-state index in [2.05, 4.69) is 4.90 Å². The molecule has 2 amide bonds. The number of nitrogens with zero attached hydrogens (tertiary/aromatic N) is 3. The molecule has 7 heteroatoms. The van der Waals surface area contributed by atoms with Crippen LogP contribution in [-0.4, -0.2) is 71.8 Å². The van der Waals surface area contributed by atoms with Gasteiger partial charge < -0.3 is 14.7 Å². The smallest absolute Gasteiger partial charge is 0.247 e. The van der Waals surface area contributed by atoms with Crippen molar-refractivity contribution in [1.29, 1.82) is 0 Å². The molecule has 1 aromatic carbocycles. The molecule has 0 radical (unpaired) electrons. The van der Waals surface area contributed by atoms with Crippen molar-refractivity contribution >= 4 is 41.1 Å². The number of halogens is 2. The van der Waals surface area contributed by atoms with Crippen LogP contribution in [0.1, 0.15) is 44.6 Å². The molecule has 0 N–H and O–H groups in total. The standard InChI is InChI=1S/C23H31Cl2N3O2/c1-18-23(30)27(14-6-5-13-26-11-3-2-4-12-26)15-16-28(18)22(29)10-8-19-7-9-20(24)21(25)17-19/h7-10,17-18H,2-6,11-16H2,1H3. The second-order valence-corrected chi connectivity index (χ2v) is 8.96. The molecule has 3 rings (SSSR count). The predicted octanol–water partition coefficient (Wildman–Crippen LogP) is 4.33. The molecule has 0 spiro atoms. The lowest BCUT2D eigenvalue weighted by Crippen LogP contribution is -2.57. The predicted molar refractivity (Wildman–Crippen MR) is 123 cm³/mol. The average Bonchev–Trinajstić information content (AvgIpc) is 2.75. The van der Waals surface area contributed by atoms with Gasteiger partial charge in [0.05, 0.1) is 10.0 Å². The van der Waals surface area contributed by atoms with Crippen molar-refractivity contribution in [3.05, 3.63) is 39.9 Å². The number of carbonyl (C=O) groups excluding carboxylic acids is 2. The Kier molecular flexibility index (Phi) is 8.61. The van der Waals surface area contributed by atoms with Crippen LogP contribution in [0.4, 0.5) is 0 Å². The van der Waals surface area contributed by atoms with E-state index in [9.17, 15) is 9.59 Å². The lowest BCUT2D eigenvalue weighted by molar-refractivity contribution is -0.148. The summed E-state index contributed by atoms with van der Waals surface area (Å²) in [6.07, 6.45) is 9.31. The molecule has 0 aliphatic carbocycles. The topological polar surface area (TPSA) is 43.9 Å². The highest BCUT2D eigenvalue weighted by molar-refractivity contribution is 6.42. The molecule has 1 aromatic rings. The molecule has 0 aromatic heterocycles. The number of unbranched alkanes of at least 4 members (excludes halogenated alkanes) is 1. The number of hydrogen-bond acceptors (Lipinski definition) is 3. The van der Waals surface area contributed by atoms with E-state index < -0.39 is 6.04 Å². The first kappa shape index (κ1) is 23.1. The minimum atomic E-state index is -0.438. The normalized spacial score (nSPS) is 20.9. The lowest BCUT2D eigenvalue weighted by Gasteiger charge is -2.38. The summed E-state index contributed by atoms with van der Waals surface area (Å²) >= 11 is 11.9. The number of amides is 2. The molecule has 164 valence electrons. The Hall–Kier alpha value is -1.56. The lowest BCUT2D eigenvalue weighted by atomic mass is 10.1. The second-order valence-electron chi connectivity index (χ2n) is 8.15. The quantitative estimate of drug-likeness (QED) is 0.457. The van der Waals surface area contributed by atoms with Gasteiger partial charge in [0, 0.05) is 25.7 Å². The highest BCUT2D eigenvalue weighted by Crippen LogP contribution is 2.23. The van der Waals surface area contributed by atoms with E-state index in [1.807, 2.05) is 11.8 Å². The van der Waals surface area contributed by atoms with Gasteiger partial charge in [-0.3, -0.25) is 9.59 Å². The van der Waals surface area contributed by atoms with Crippen LogP contribution >= 0.6 is 23.2 Å². The first-order valence-electron chi connectivity index (χ1n) is 10.9. The minimum Gasteiger partial charge on any atom is -0.339 e. The van der Waals surface area contributed by atoms with E-state index in [0.717, 1.165) is 31.5 Å². The van der Waals surface area contributed by atoms with Gasteiger partial charge in [-0.1, -0.05) is 35.7 Å². The molecule has 2 heterocycles. The van der Waals surface area contributed by atoms with Gasteiger partial charge in [-0.05, 0) is 76.0 Å². The van der Waals surface area contributed by atoms with Crippen LogP contribution < -0.4 is 0 Å². The van der Waals surface area contributed by atoms with Gasteiger partial charge in [0.1, 0.15) is 6.04 Å². The Labute approximate surface area is 189 Å². The van der Waals surface area contributed by atoms with Gasteiger partial charge in [0.2, 0.25) is 11.8 Å². The molecule has 2 aliphatic rings. The van der Waals surface area contributed by atoms with Crippen LogP contribution in [0.3, 0.4) is 0 Å². The third-order valence-corrected chi connectivity index (χ3v) is 6.73. The largest absolute Gasteiger partial charge is 0.339 e. The van der Waals surface area contributed by atoms with Crippen LogP contribution in [0.2, 0.25) is 10.0 Å². The molecule has 2 aliphatic heterocycles. The van der Waals surface area contributed by atoms with Crippen LogP contribution in [0.5, 0.6) is 0 Å². The third-order valence-electron chi connectivity index (χ3n) is 5.99. The van der Waals surface area contributed by atoms with Crippen LogP contribution in [0.25, 0.3) is 6.08 Å². The summed E-state index contributed by atoms with van der Waals surface area (Å²) in [6, 6.07) is 4.77. The molecular formula is C23H31Cl2N3O2. The Morgan fingerprint density at radius 3 is 2.50 bits per heavy atom. The van der Waals surface area contributed by atoms with Gasteiger partial charge in [-0.25, -0.2) is 0 Å². The Bertz CT molecular complexity index is 778. The molecule has 5 nitrogen and oxygen atoms in total. The summed E-state index contributed by atoms with van der Waals surface area (Å²) in [5, 5.41) is 0.926. The van der Waals surface area contributed by atoms with Crippen molar-refractivity contribution in [2.75, 3.05) is 39.3 Å². The highest BCUT2D eigenvalue weighted by Gasteiger charge is 2.33. The maximum atomic E-state index is 12.8. The second kappa shape index (κ2) is 11.2. The minimum absolute atomic E-state index is 0.0375. The maximum Gasteiger partial charge on any atom is 0.247 e. The first-order valence-corrected chi connectivity index (χ1v) is 11.7. The first-order chi connectivity index (χ1) is 14.5. The van der Waals surface area contributed by atoms with Gasteiger partial charge >= 0.3 is 0 Å². The zero-order valence-corrected chi connectivity index (χ0v) is 19.2. The number of carbonyl (C=O) groups is 2. The number of benzene rings is 1. The van der Waals surface area contributed by atoms with Crippen molar-refractivity contribution < 1.29 is 9.59 Å². The van der Waals surface area contributed by atoms with E-state index in [1.54, 1.807) is 29.2 Å². The van der Waals surface area contributed by atoms with Crippen molar-refractivity contribution in [2.24, 2.45) is 0 Å². The molecule has 0 bridgehead atoms. The molecule has 1 unspecified atom stereocenters. The summed E-state index contributed by atoms with van der Waals surface area (Å²) in [5.41, 5.74) is 0.795. The van der Waals surface area contributed by atoms with E-state index in [-0.39, 0.29) is 11.8 Å². The van der Waals surface area contributed by atoms with E-state index in [1.165, 1.54) is 38.4 Å². The van der Waals surface area contributed by atoms with Gasteiger partial charge in [-0.15, -0.1) is 0 Å². The molecule has 0 saturated carbocycles. The third kappa shape index (κ3) is 6.22. The summed E-state index contributed by atoms with van der Waals surface area (Å²) in [4.78, 5) is 31.5. The fourth-order valence-corrected chi connectivity index (χ4v) is 4.46. The zero-order chi connectivity index (χ0) is 21.5. The maximum absolute atomic E-state index is 12.8. The van der Waals surface area contributed by atoms with Crippen molar-refractivity contribution in [3.63, 3.8) is 0 Å². The number of hydrogen-bond donors (Lipinski definition) is 0. The van der Waals surface area contributed by atoms with Gasteiger partial charge in [-0.2, -0.15) is 0 Å². The Balaban J connectivity index is 1.45. The Morgan fingerprint density at radius 1 is 1.03 bits per heavy atom. The van der Waals surface area contributed by atoms with Crippen molar-refractivity contribution in [1.82, 2.24) is 14.7 Å². The highest BCUT2D eigenvalue weighted by atomic mass is 35.5. The fraction of sp³-hybridized carbons (Fsp3) is 0.565. The van der Waals surface area contributed by atoms with Crippen molar-refractivity contribution in [2.45, 2.75) is 45.1 Å². The van der Waals surface area contributed by atoms with Gasteiger partial charge in [0.25, 0.3) is 0 Å². The average molecular weight is 452 g/mol. The number of likely N-dealkylation sites (tertiary alicyclic amines) is 1. The molecule has 2 fully saturated rings. The van der Waals surface area contributed by atoms with Crippen molar-refractivity contribution in [3.8, 4) is 0 Å². The van der Waals surface area contributed by atoms with E-state index >= 15 is 0 Å². The number of rotatable bonds is 7. The zero-order valence-electron chi connectivity index (χ0n) is 17.7. The van der Waals surface area contributed by atoms with E-state index in [0.29, 0.717) is 23.1 Å².